The molecule has 28 heavy (non-hydrogen) atoms. The molecule has 2 amide bonds. The predicted molar refractivity (Wildman–Crippen MR) is 109 cm³/mol. The number of nitrogens with one attached hydrogen (secondary N) is 3. The van der Waals surface area contributed by atoms with Gasteiger partial charge in [-0.05, 0) is 61.0 Å². The summed E-state index contributed by atoms with van der Waals surface area (Å²) in [6.07, 6.45) is 0. The summed E-state index contributed by atoms with van der Waals surface area (Å²) in [5.41, 5.74) is 1.31. The molecule has 0 aliphatic rings. The Balaban J connectivity index is 1.70. The number of hydrogen-bond donors (Lipinski definition) is 3. The Morgan fingerprint density at radius 3 is 2.21 bits per heavy atom. The van der Waals surface area contributed by atoms with Crippen molar-refractivity contribution in [2.75, 3.05) is 17.7 Å². The summed E-state index contributed by atoms with van der Waals surface area (Å²) in [4.78, 5) is 25.3. The smallest absolute Gasteiger partial charge is 0.265 e. The molecule has 3 aromatic rings. The third-order valence-electron chi connectivity index (χ3n) is 3.82. The normalized spacial score (nSPS) is 11.0. The van der Waals surface area contributed by atoms with Gasteiger partial charge in [-0.2, -0.15) is 0 Å². The van der Waals surface area contributed by atoms with Gasteiger partial charge < -0.3 is 10.6 Å². The Morgan fingerprint density at radius 2 is 1.57 bits per heavy atom. The molecule has 3 N–H and O–H groups in total. The minimum atomic E-state index is -3.53. The molecular formula is C19H17N3O4S2. The Hall–Kier alpha value is -3.01. The monoisotopic (exact) mass is 415 g/mol. The van der Waals surface area contributed by atoms with Gasteiger partial charge >= 0.3 is 0 Å². The van der Waals surface area contributed by atoms with E-state index in [0.29, 0.717) is 21.8 Å². The van der Waals surface area contributed by atoms with Gasteiger partial charge in [-0.1, -0.05) is 12.1 Å². The number of sulfonamides is 1. The third-order valence-corrected chi connectivity index (χ3v) is 6.12. The Bertz CT molecular complexity index is 1090. The molecule has 0 spiro atoms. The highest BCUT2D eigenvalue weighted by Crippen LogP contribution is 2.18. The summed E-state index contributed by atoms with van der Waals surface area (Å²) in [5.74, 6) is -0.620. The van der Waals surface area contributed by atoms with Gasteiger partial charge in [0, 0.05) is 16.9 Å². The molecule has 0 fully saturated rings. The first-order valence-corrected chi connectivity index (χ1v) is 10.6. The van der Waals surface area contributed by atoms with Crippen molar-refractivity contribution < 1.29 is 18.0 Å². The summed E-state index contributed by atoms with van der Waals surface area (Å²) in [6.45, 7) is 0. The van der Waals surface area contributed by atoms with Crippen LogP contribution in [-0.4, -0.2) is 27.3 Å². The number of hydrogen-bond acceptors (Lipinski definition) is 5. The van der Waals surface area contributed by atoms with Crippen molar-refractivity contribution in [2.45, 2.75) is 4.90 Å². The molecule has 9 heteroatoms. The van der Waals surface area contributed by atoms with Gasteiger partial charge in [0.2, 0.25) is 10.0 Å². The van der Waals surface area contributed by atoms with E-state index in [1.165, 1.54) is 42.6 Å². The molecule has 0 bridgehead atoms. The minimum absolute atomic E-state index is 0.103. The fourth-order valence-corrected chi connectivity index (χ4v) is 3.73. The SMILES string of the molecule is CNS(=O)(=O)c1ccc(NC(=O)c2cccc(NC(=O)c3cccs3)c2)cc1. The molecule has 0 aliphatic heterocycles. The predicted octanol–water partition coefficient (Wildman–Crippen LogP) is 3.16. The topological polar surface area (TPSA) is 104 Å². The number of benzene rings is 2. The van der Waals surface area contributed by atoms with Crippen LogP contribution < -0.4 is 15.4 Å². The molecule has 0 saturated heterocycles. The molecule has 1 aromatic heterocycles. The van der Waals surface area contributed by atoms with Gasteiger partial charge in [0.25, 0.3) is 11.8 Å². The summed E-state index contributed by atoms with van der Waals surface area (Å²) in [7, 11) is -2.20. The Morgan fingerprint density at radius 1 is 0.857 bits per heavy atom. The lowest BCUT2D eigenvalue weighted by Crippen LogP contribution is -2.18. The van der Waals surface area contributed by atoms with E-state index < -0.39 is 10.0 Å². The van der Waals surface area contributed by atoms with Crippen LogP contribution >= 0.6 is 11.3 Å². The lowest BCUT2D eigenvalue weighted by molar-refractivity contribution is 0.101. The Labute approximate surface area is 166 Å². The van der Waals surface area contributed by atoms with Gasteiger partial charge in [0.15, 0.2) is 0 Å². The maximum Gasteiger partial charge on any atom is 0.265 e. The van der Waals surface area contributed by atoms with Crippen molar-refractivity contribution in [3.63, 3.8) is 0 Å². The van der Waals surface area contributed by atoms with Crippen LogP contribution in [0, 0.1) is 0 Å². The van der Waals surface area contributed by atoms with E-state index in [2.05, 4.69) is 15.4 Å². The van der Waals surface area contributed by atoms with Gasteiger partial charge in [0.1, 0.15) is 0 Å². The van der Waals surface area contributed by atoms with Crippen LogP contribution in [0.1, 0.15) is 20.0 Å². The number of anilines is 2. The fourth-order valence-electron chi connectivity index (χ4n) is 2.38. The molecular weight excluding hydrogens is 398 g/mol. The van der Waals surface area contributed by atoms with Crippen LogP contribution in [0.5, 0.6) is 0 Å². The molecule has 0 atom stereocenters. The van der Waals surface area contributed by atoms with Crippen LogP contribution in [0.25, 0.3) is 0 Å². The first-order chi connectivity index (χ1) is 13.4. The van der Waals surface area contributed by atoms with Gasteiger partial charge in [0.05, 0.1) is 9.77 Å². The zero-order valence-corrected chi connectivity index (χ0v) is 16.4. The van der Waals surface area contributed by atoms with Gasteiger partial charge in [-0.25, -0.2) is 13.1 Å². The third kappa shape index (κ3) is 4.63. The van der Waals surface area contributed by atoms with Crippen molar-refractivity contribution >= 4 is 44.5 Å². The molecule has 3 rings (SSSR count). The highest BCUT2D eigenvalue weighted by Gasteiger charge is 2.13. The van der Waals surface area contributed by atoms with Crippen LogP contribution in [0.15, 0.2) is 70.9 Å². The number of rotatable bonds is 6. The average Bonchev–Trinajstić information content (AvgIpc) is 3.23. The standard InChI is InChI=1S/C19H17N3O4S2/c1-20-28(25,26)16-9-7-14(8-10-16)21-18(23)13-4-2-5-15(12-13)22-19(24)17-6-3-11-27-17/h2-12,20H,1H3,(H,21,23)(H,22,24). The molecule has 7 nitrogen and oxygen atoms in total. The zero-order chi connectivity index (χ0) is 20.1. The number of thiophene rings is 1. The van der Waals surface area contributed by atoms with Crippen LogP contribution in [0.3, 0.4) is 0 Å². The largest absolute Gasteiger partial charge is 0.322 e. The van der Waals surface area contributed by atoms with E-state index in [-0.39, 0.29) is 16.7 Å². The van der Waals surface area contributed by atoms with Crippen LogP contribution in [-0.2, 0) is 10.0 Å². The quantitative estimate of drug-likeness (QED) is 0.575. The molecule has 0 radical (unpaired) electrons. The van der Waals surface area contributed by atoms with Crippen molar-refractivity contribution in [3.8, 4) is 0 Å². The van der Waals surface area contributed by atoms with Gasteiger partial charge in [-0.3, -0.25) is 9.59 Å². The second-order valence-corrected chi connectivity index (χ2v) is 8.53. The highest BCUT2D eigenvalue weighted by molar-refractivity contribution is 7.89. The van der Waals surface area contributed by atoms with E-state index in [0.717, 1.165) is 0 Å². The fraction of sp³-hybridized carbons (Fsp3) is 0.0526. The minimum Gasteiger partial charge on any atom is -0.322 e. The van der Waals surface area contributed by atoms with Crippen LogP contribution in [0.4, 0.5) is 11.4 Å². The van der Waals surface area contributed by atoms with Crippen LogP contribution in [0.2, 0.25) is 0 Å². The van der Waals surface area contributed by atoms with Crippen molar-refractivity contribution in [1.29, 1.82) is 0 Å². The second kappa shape index (κ2) is 8.34. The molecule has 1 heterocycles. The Kier molecular flexibility index (Phi) is 5.88. The lowest BCUT2D eigenvalue weighted by atomic mass is 10.1. The highest BCUT2D eigenvalue weighted by atomic mass is 32.2. The van der Waals surface area contributed by atoms with Crippen molar-refractivity contribution in [2.24, 2.45) is 0 Å². The van der Waals surface area contributed by atoms with Gasteiger partial charge in [-0.15, -0.1) is 11.3 Å². The summed E-state index contributed by atoms with van der Waals surface area (Å²) < 4.78 is 25.7. The molecule has 0 saturated carbocycles. The summed E-state index contributed by atoms with van der Waals surface area (Å²) >= 11 is 1.33. The summed E-state index contributed by atoms with van der Waals surface area (Å²) in [6, 6.07) is 15.9. The maximum atomic E-state index is 12.5. The van der Waals surface area contributed by atoms with Crippen molar-refractivity contribution in [3.05, 3.63) is 76.5 Å². The first-order valence-electron chi connectivity index (χ1n) is 8.19. The maximum absolute atomic E-state index is 12.5. The molecule has 2 aromatic carbocycles. The first kappa shape index (κ1) is 19.7. The number of carbonyl (C=O) groups excluding carboxylic acids is 2. The number of amides is 2. The number of carbonyl (C=O) groups is 2. The van der Waals surface area contributed by atoms with E-state index in [4.69, 9.17) is 0 Å². The lowest BCUT2D eigenvalue weighted by Gasteiger charge is -2.09. The van der Waals surface area contributed by atoms with E-state index in [1.807, 2.05) is 5.38 Å². The molecule has 144 valence electrons. The second-order valence-electron chi connectivity index (χ2n) is 5.70. The average molecular weight is 415 g/mol. The molecule has 0 aliphatic carbocycles. The van der Waals surface area contributed by atoms with E-state index >= 15 is 0 Å². The van der Waals surface area contributed by atoms with E-state index in [1.54, 1.807) is 36.4 Å². The van der Waals surface area contributed by atoms with Crippen molar-refractivity contribution in [1.82, 2.24) is 4.72 Å². The molecule has 0 unspecified atom stereocenters. The summed E-state index contributed by atoms with van der Waals surface area (Å²) in [5, 5.41) is 7.26. The zero-order valence-electron chi connectivity index (χ0n) is 14.8. The van der Waals surface area contributed by atoms with E-state index in [9.17, 15) is 18.0 Å².